The van der Waals surface area contributed by atoms with Gasteiger partial charge in [-0.15, -0.1) is 0 Å². The molecule has 0 spiro atoms. The fourth-order valence-corrected chi connectivity index (χ4v) is 8.01. The van der Waals surface area contributed by atoms with Crippen LogP contribution in [-0.2, 0) is 0 Å². The Hall–Kier alpha value is -5.56. The van der Waals surface area contributed by atoms with E-state index in [4.69, 9.17) is 18.9 Å². The maximum Gasteiger partial charge on any atom is 0.122 e. The maximum atomic E-state index is 6.14. The van der Waals surface area contributed by atoms with Gasteiger partial charge >= 0.3 is 0 Å². The highest BCUT2D eigenvalue weighted by atomic mass is 16.5. The Morgan fingerprint density at radius 2 is 0.881 bits per heavy atom. The molecule has 4 atom stereocenters. The first kappa shape index (κ1) is 43.0. The zero-order chi connectivity index (χ0) is 41.6. The lowest BCUT2D eigenvalue weighted by atomic mass is 9.85. The van der Waals surface area contributed by atoms with Crippen molar-refractivity contribution in [3.63, 3.8) is 0 Å². The van der Waals surface area contributed by atoms with E-state index >= 15 is 0 Å². The van der Waals surface area contributed by atoms with Crippen LogP contribution in [0.2, 0.25) is 0 Å². The molecule has 0 saturated heterocycles. The molecule has 6 rings (SSSR count). The third-order valence-corrected chi connectivity index (χ3v) is 10.9. The molecule has 0 heterocycles. The monoisotopic (exact) mass is 790 g/mol. The Balaban J connectivity index is 1.32. The Kier molecular flexibility index (Phi) is 15.6. The van der Waals surface area contributed by atoms with E-state index in [1.54, 1.807) is 14.2 Å². The molecule has 0 radical (unpaired) electrons. The molecule has 308 valence electrons. The minimum absolute atomic E-state index is 0.0558. The minimum atomic E-state index is -0.0558. The molecule has 6 nitrogen and oxygen atoms in total. The van der Waals surface area contributed by atoms with E-state index in [0.717, 1.165) is 54.5 Å². The first-order chi connectivity index (χ1) is 28.7. The lowest BCUT2D eigenvalue weighted by molar-refractivity contribution is 0.242. The zero-order valence-corrected chi connectivity index (χ0v) is 35.9. The maximum absolute atomic E-state index is 6.14. The number of hydrogen-bond donors (Lipinski definition) is 2. The summed E-state index contributed by atoms with van der Waals surface area (Å²) in [4.78, 5) is 0. The molecule has 0 bridgehead atoms. The molecular formula is C53H62N2O4. The Bertz CT molecular complexity index is 2140. The lowest BCUT2D eigenvalue weighted by Crippen LogP contribution is -2.25. The second-order valence-corrected chi connectivity index (χ2v) is 15.8. The van der Waals surface area contributed by atoms with Crippen molar-refractivity contribution in [1.29, 1.82) is 0 Å². The standard InChI is InChI=1S/C53H62N2O4/c1-37(2)58-45-27-22-41(23-28-45)47(49-20-14-15-21-51(49)56-6)33-35-55-53(43-18-12-9-13-19-43)44-26-31-52(57-7)50(36-44)48(42-24-29-46(30-25-42)59-38(3)4)32-34-54-39(5)40-16-10-8-11-17-40/h8-31,36-39,47-48,53-55H,32-35H2,1-7H3/t39-,47+,48+,53-/m0/s1. The normalized spacial score (nSPS) is 13.4. The van der Waals surface area contributed by atoms with Crippen LogP contribution in [0.4, 0.5) is 0 Å². The fraction of sp³-hybridized carbons (Fsp3) is 0.321. The van der Waals surface area contributed by atoms with Crippen molar-refractivity contribution in [3.8, 4) is 23.0 Å². The summed E-state index contributed by atoms with van der Waals surface area (Å²) in [5, 5.41) is 7.81. The van der Waals surface area contributed by atoms with Crippen LogP contribution in [-0.4, -0.2) is 39.5 Å². The van der Waals surface area contributed by atoms with Gasteiger partial charge in [-0.25, -0.2) is 0 Å². The molecule has 59 heavy (non-hydrogen) atoms. The predicted molar refractivity (Wildman–Crippen MR) is 242 cm³/mol. The molecule has 0 saturated carbocycles. The summed E-state index contributed by atoms with van der Waals surface area (Å²) in [6.45, 7) is 12.0. The van der Waals surface area contributed by atoms with Crippen molar-refractivity contribution in [2.45, 2.75) is 83.6 Å². The number of rotatable bonds is 21. The van der Waals surface area contributed by atoms with Crippen LogP contribution in [0, 0.1) is 0 Å². The van der Waals surface area contributed by atoms with Gasteiger partial charge in [-0.1, -0.05) is 109 Å². The molecule has 6 aromatic carbocycles. The summed E-state index contributed by atoms with van der Waals surface area (Å²) in [6, 6.07) is 53.8. The highest BCUT2D eigenvalue weighted by Gasteiger charge is 2.24. The highest BCUT2D eigenvalue weighted by molar-refractivity contribution is 5.48. The molecule has 2 N–H and O–H groups in total. The van der Waals surface area contributed by atoms with Gasteiger partial charge < -0.3 is 29.6 Å². The molecule has 6 heteroatoms. The van der Waals surface area contributed by atoms with Crippen molar-refractivity contribution in [2.75, 3.05) is 27.3 Å². The second-order valence-electron chi connectivity index (χ2n) is 15.8. The number of ether oxygens (including phenoxy) is 4. The summed E-state index contributed by atoms with van der Waals surface area (Å²) >= 11 is 0. The topological polar surface area (TPSA) is 61.0 Å². The summed E-state index contributed by atoms with van der Waals surface area (Å²) in [5.74, 6) is 3.69. The lowest BCUT2D eigenvalue weighted by Gasteiger charge is -2.27. The molecule has 0 aliphatic carbocycles. The zero-order valence-electron chi connectivity index (χ0n) is 35.9. The molecule has 0 aliphatic rings. The molecule has 0 fully saturated rings. The quantitative estimate of drug-likeness (QED) is 0.0757. The van der Waals surface area contributed by atoms with Crippen molar-refractivity contribution < 1.29 is 18.9 Å². The number of para-hydroxylation sites is 1. The molecule has 0 unspecified atom stereocenters. The van der Waals surface area contributed by atoms with Crippen LogP contribution < -0.4 is 29.6 Å². The third kappa shape index (κ3) is 11.8. The van der Waals surface area contributed by atoms with E-state index in [1.165, 1.54) is 33.4 Å². The number of benzene rings is 6. The van der Waals surface area contributed by atoms with Gasteiger partial charge in [0.15, 0.2) is 0 Å². The van der Waals surface area contributed by atoms with E-state index in [9.17, 15) is 0 Å². The third-order valence-electron chi connectivity index (χ3n) is 10.9. The minimum Gasteiger partial charge on any atom is -0.496 e. The van der Waals surface area contributed by atoms with E-state index in [2.05, 4.69) is 191 Å². The van der Waals surface area contributed by atoms with E-state index in [1.807, 2.05) is 6.07 Å². The first-order valence-corrected chi connectivity index (χ1v) is 21.1. The van der Waals surface area contributed by atoms with Crippen molar-refractivity contribution in [3.05, 3.63) is 191 Å². The largest absolute Gasteiger partial charge is 0.496 e. The fourth-order valence-electron chi connectivity index (χ4n) is 8.01. The average molecular weight is 791 g/mol. The SMILES string of the molecule is COc1ccccc1[C@H](CCN[C@@H](c1ccccc1)c1ccc(OC)c([C@H](CCN[C@@H](C)c2ccccc2)c2ccc(OC(C)C)cc2)c1)c1ccc(OC(C)C)cc1. The van der Waals surface area contributed by atoms with Gasteiger partial charge in [-0.3, -0.25) is 0 Å². The van der Waals surface area contributed by atoms with Gasteiger partial charge in [-0.05, 0) is 131 Å². The van der Waals surface area contributed by atoms with Crippen LogP contribution in [0.5, 0.6) is 23.0 Å². The number of hydrogen-bond acceptors (Lipinski definition) is 6. The van der Waals surface area contributed by atoms with Gasteiger partial charge in [-0.2, -0.15) is 0 Å². The van der Waals surface area contributed by atoms with Gasteiger partial charge in [0.05, 0.1) is 32.5 Å². The van der Waals surface area contributed by atoms with Crippen molar-refractivity contribution in [2.24, 2.45) is 0 Å². The molecule has 0 aromatic heterocycles. The van der Waals surface area contributed by atoms with Crippen LogP contribution >= 0.6 is 0 Å². The molecule has 0 aliphatic heterocycles. The summed E-state index contributed by atoms with van der Waals surface area (Å²) in [6.07, 6.45) is 1.96. The molecule has 6 aromatic rings. The van der Waals surface area contributed by atoms with Crippen molar-refractivity contribution in [1.82, 2.24) is 10.6 Å². The van der Waals surface area contributed by atoms with E-state index in [-0.39, 0.29) is 36.1 Å². The van der Waals surface area contributed by atoms with Crippen LogP contribution in [0.15, 0.2) is 152 Å². The Morgan fingerprint density at radius 1 is 0.424 bits per heavy atom. The first-order valence-electron chi connectivity index (χ1n) is 21.1. The average Bonchev–Trinajstić information content (AvgIpc) is 3.26. The van der Waals surface area contributed by atoms with Gasteiger partial charge in [0.2, 0.25) is 0 Å². The Morgan fingerprint density at radius 3 is 1.42 bits per heavy atom. The molecular weight excluding hydrogens is 729 g/mol. The van der Waals surface area contributed by atoms with E-state index < -0.39 is 0 Å². The number of methoxy groups -OCH3 is 2. The van der Waals surface area contributed by atoms with Gasteiger partial charge in [0.1, 0.15) is 23.0 Å². The second kappa shape index (κ2) is 21.4. The highest BCUT2D eigenvalue weighted by Crippen LogP contribution is 2.39. The summed E-state index contributed by atoms with van der Waals surface area (Å²) in [5.41, 5.74) is 8.44. The smallest absolute Gasteiger partial charge is 0.122 e. The van der Waals surface area contributed by atoms with E-state index in [0.29, 0.717) is 0 Å². The summed E-state index contributed by atoms with van der Waals surface area (Å²) in [7, 11) is 3.53. The predicted octanol–water partition coefficient (Wildman–Crippen LogP) is 12.1. The number of nitrogens with one attached hydrogen (secondary N) is 2. The molecule has 0 amide bonds. The Labute approximate surface area is 352 Å². The van der Waals surface area contributed by atoms with Crippen LogP contribution in [0.1, 0.15) is 110 Å². The van der Waals surface area contributed by atoms with Crippen LogP contribution in [0.25, 0.3) is 0 Å². The van der Waals surface area contributed by atoms with Gasteiger partial charge in [0, 0.05) is 29.0 Å². The van der Waals surface area contributed by atoms with Crippen LogP contribution in [0.3, 0.4) is 0 Å². The van der Waals surface area contributed by atoms with Gasteiger partial charge in [0.25, 0.3) is 0 Å². The summed E-state index contributed by atoms with van der Waals surface area (Å²) < 4.78 is 24.1. The van der Waals surface area contributed by atoms with Crippen molar-refractivity contribution >= 4 is 0 Å².